The highest BCUT2D eigenvalue weighted by Crippen LogP contribution is 2.24. The second-order valence-electron chi connectivity index (χ2n) is 4.77. The van der Waals surface area contributed by atoms with E-state index in [9.17, 15) is 9.18 Å². The molecule has 1 saturated heterocycles. The molecule has 1 fully saturated rings. The molecule has 0 aliphatic carbocycles. The number of nitrogens with two attached hydrogens (primary N) is 1. The van der Waals surface area contributed by atoms with Crippen molar-refractivity contribution in [2.45, 2.75) is 19.4 Å². The van der Waals surface area contributed by atoms with Gasteiger partial charge in [-0.15, -0.1) is 12.4 Å². The summed E-state index contributed by atoms with van der Waals surface area (Å²) in [5.74, 6) is -0.0879. The van der Waals surface area contributed by atoms with Gasteiger partial charge in [-0.3, -0.25) is 4.79 Å². The summed E-state index contributed by atoms with van der Waals surface area (Å²) in [7, 11) is 0. The zero-order valence-corrected chi connectivity index (χ0v) is 13.6. The number of likely N-dealkylation sites (tertiary alicyclic amines) is 1. The first kappa shape index (κ1) is 16.7. The van der Waals surface area contributed by atoms with E-state index in [0.717, 1.165) is 6.42 Å². The number of amides is 1. The van der Waals surface area contributed by atoms with Crippen molar-refractivity contribution in [3.8, 4) is 0 Å². The van der Waals surface area contributed by atoms with Crippen molar-refractivity contribution >= 4 is 40.9 Å². The van der Waals surface area contributed by atoms with Crippen LogP contribution in [0, 0.1) is 15.3 Å². The van der Waals surface area contributed by atoms with Crippen LogP contribution >= 0.6 is 35.0 Å². The molecule has 19 heavy (non-hydrogen) atoms. The maximum Gasteiger partial charge on any atom is 0.254 e. The van der Waals surface area contributed by atoms with Crippen molar-refractivity contribution in [3.63, 3.8) is 0 Å². The van der Waals surface area contributed by atoms with E-state index in [1.165, 1.54) is 6.07 Å². The topological polar surface area (TPSA) is 46.3 Å². The molecule has 0 bridgehead atoms. The van der Waals surface area contributed by atoms with Crippen molar-refractivity contribution in [1.82, 2.24) is 4.90 Å². The molecule has 0 spiro atoms. The summed E-state index contributed by atoms with van der Waals surface area (Å²) in [6, 6.07) is 4.79. The van der Waals surface area contributed by atoms with Gasteiger partial charge in [0.2, 0.25) is 0 Å². The van der Waals surface area contributed by atoms with E-state index in [1.807, 2.05) is 29.5 Å². The van der Waals surface area contributed by atoms with Gasteiger partial charge in [-0.25, -0.2) is 4.39 Å². The molecule has 1 aliphatic heterocycles. The maximum atomic E-state index is 13.5. The van der Waals surface area contributed by atoms with Gasteiger partial charge in [0.05, 0.1) is 0 Å². The summed E-state index contributed by atoms with van der Waals surface area (Å²) in [4.78, 5) is 14.1. The van der Waals surface area contributed by atoms with Gasteiger partial charge in [-0.1, -0.05) is 0 Å². The first-order chi connectivity index (χ1) is 8.52. The fourth-order valence-corrected chi connectivity index (χ4v) is 2.73. The molecule has 1 heterocycles. The second kappa shape index (κ2) is 6.85. The molecular formula is C13H17ClFIN2O. The van der Waals surface area contributed by atoms with E-state index < -0.39 is 0 Å². The Morgan fingerprint density at radius 2 is 2.26 bits per heavy atom. The quantitative estimate of drug-likeness (QED) is 0.779. The third kappa shape index (κ3) is 3.58. The lowest BCUT2D eigenvalue weighted by Crippen LogP contribution is -2.34. The van der Waals surface area contributed by atoms with Gasteiger partial charge < -0.3 is 10.6 Å². The van der Waals surface area contributed by atoms with E-state index >= 15 is 0 Å². The van der Waals surface area contributed by atoms with Gasteiger partial charge in [0, 0.05) is 21.7 Å². The van der Waals surface area contributed by atoms with Crippen LogP contribution in [0.2, 0.25) is 0 Å². The molecule has 2 unspecified atom stereocenters. The summed E-state index contributed by atoms with van der Waals surface area (Å²) in [5, 5.41) is 0. The number of hydrogen-bond acceptors (Lipinski definition) is 2. The standard InChI is InChI=1S/C13H16FIN2O.ClH/c1-8-4-9(6-16)7-17(8)13(18)10-2-3-12(15)11(14)5-10;/h2-3,5,8-9H,4,6-7,16H2,1H3;1H. The van der Waals surface area contributed by atoms with Gasteiger partial charge in [-0.2, -0.15) is 0 Å². The molecular weight excluding hydrogens is 382 g/mol. The molecule has 6 heteroatoms. The molecule has 2 atom stereocenters. The molecule has 3 nitrogen and oxygen atoms in total. The van der Waals surface area contributed by atoms with Crippen LogP contribution in [0.25, 0.3) is 0 Å². The minimum atomic E-state index is -0.344. The van der Waals surface area contributed by atoms with Crippen LogP contribution in [0.3, 0.4) is 0 Å². The first-order valence-electron chi connectivity index (χ1n) is 5.99. The second-order valence-corrected chi connectivity index (χ2v) is 5.94. The van der Waals surface area contributed by atoms with Crippen molar-refractivity contribution in [2.75, 3.05) is 13.1 Å². The Labute approximate surface area is 132 Å². The first-order valence-corrected chi connectivity index (χ1v) is 7.07. The van der Waals surface area contributed by atoms with Gasteiger partial charge in [0.25, 0.3) is 5.91 Å². The van der Waals surface area contributed by atoms with E-state index in [0.29, 0.717) is 28.1 Å². The third-order valence-corrected chi connectivity index (χ3v) is 4.30. The fourth-order valence-electron chi connectivity index (χ4n) is 2.39. The Bertz CT molecular complexity index is 472. The Balaban J connectivity index is 0.00000180. The van der Waals surface area contributed by atoms with Crippen molar-refractivity contribution < 1.29 is 9.18 Å². The lowest BCUT2D eigenvalue weighted by Gasteiger charge is -2.21. The summed E-state index contributed by atoms with van der Waals surface area (Å²) in [6.45, 7) is 3.27. The number of rotatable bonds is 2. The molecule has 1 aromatic rings. The van der Waals surface area contributed by atoms with Gasteiger partial charge in [-0.05, 0) is 66.6 Å². The number of halogens is 3. The van der Waals surface area contributed by atoms with Crippen LogP contribution in [-0.2, 0) is 0 Å². The average Bonchev–Trinajstić information content (AvgIpc) is 2.73. The SMILES string of the molecule is CC1CC(CN)CN1C(=O)c1ccc(I)c(F)c1.Cl. The molecule has 0 aromatic heterocycles. The summed E-state index contributed by atoms with van der Waals surface area (Å²) < 4.78 is 14.0. The van der Waals surface area contributed by atoms with Crippen LogP contribution in [0.1, 0.15) is 23.7 Å². The average molecular weight is 399 g/mol. The van der Waals surface area contributed by atoms with E-state index in [1.54, 1.807) is 17.0 Å². The van der Waals surface area contributed by atoms with Crippen LogP contribution < -0.4 is 5.73 Å². The third-order valence-electron chi connectivity index (χ3n) is 3.42. The Hall–Kier alpha value is -0.400. The smallest absolute Gasteiger partial charge is 0.254 e. The minimum absolute atomic E-state index is 0. The number of nitrogens with zero attached hydrogens (tertiary/aromatic N) is 1. The van der Waals surface area contributed by atoms with E-state index in [4.69, 9.17) is 5.73 Å². The lowest BCUT2D eigenvalue weighted by atomic mass is 10.1. The van der Waals surface area contributed by atoms with Crippen molar-refractivity contribution in [1.29, 1.82) is 0 Å². The van der Waals surface area contributed by atoms with Crippen molar-refractivity contribution in [2.24, 2.45) is 11.7 Å². The maximum absolute atomic E-state index is 13.5. The number of carbonyl (C=O) groups excluding carboxylic acids is 1. The van der Waals surface area contributed by atoms with Gasteiger partial charge in [0.15, 0.2) is 0 Å². The fraction of sp³-hybridized carbons (Fsp3) is 0.462. The monoisotopic (exact) mass is 398 g/mol. The zero-order valence-electron chi connectivity index (χ0n) is 10.6. The molecule has 0 radical (unpaired) electrons. The van der Waals surface area contributed by atoms with E-state index in [-0.39, 0.29) is 30.2 Å². The zero-order chi connectivity index (χ0) is 13.3. The Kier molecular flexibility index (Phi) is 6.01. The summed E-state index contributed by atoms with van der Waals surface area (Å²) in [5.41, 5.74) is 6.06. The number of carbonyl (C=O) groups is 1. The lowest BCUT2D eigenvalue weighted by molar-refractivity contribution is 0.0743. The summed E-state index contributed by atoms with van der Waals surface area (Å²) in [6.07, 6.45) is 0.926. The van der Waals surface area contributed by atoms with Crippen LogP contribution in [0.5, 0.6) is 0 Å². The molecule has 1 amide bonds. The Morgan fingerprint density at radius 1 is 1.58 bits per heavy atom. The van der Waals surface area contributed by atoms with E-state index in [2.05, 4.69) is 0 Å². The molecule has 0 saturated carbocycles. The predicted octanol–water partition coefficient (Wildman–Crippen LogP) is 2.66. The molecule has 1 aliphatic rings. The predicted molar refractivity (Wildman–Crippen MR) is 84.0 cm³/mol. The number of benzene rings is 1. The summed E-state index contributed by atoms with van der Waals surface area (Å²) >= 11 is 1.91. The van der Waals surface area contributed by atoms with Crippen LogP contribution in [-0.4, -0.2) is 29.9 Å². The van der Waals surface area contributed by atoms with Crippen molar-refractivity contribution in [3.05, 3.63) is 33.1 Å². The molecule has 1 aromatic carbocycles. The van der Waals surface area contributed by atoms with Crippen LogP contribution in [0.4, 0.5) is 4.39 Å². The highest BCUT2D eigenvalue weighted by Gasteiger charge is 2.32. The largest absolute Gasteiger partial charge is 0.336 e. The number of hydrogen-bond donors (Lipinski definition) is 1. The molecule has 2 N–H and O–H groups in total. The minimum Gasteiger partial charge on any atom is -0.336 e. The highest BCUT2D eigenvalue weighted by molar-refractivity contribution is 14.1. The van der Waals surface area contributed by atoms with Gasteiger partial charge >= 0.3 is 0 Å². The highest BCUT2D eigenvalue weighted by atomic mass is 127. The normalized spacial score (nSPS) is 22.2. The van der Waals surface area contributed by atoms with Crippen LogP contribution in [0.15, 0.2) is 18.2 Å². The molecule has 106 valence electrons. The Morgan fingerprint density at radius 3 is 2.79 bits per heavy atom. The molecule has 2 rings (SSSR count). The van der Waals surface area contributed by atoms with Gasteiger partial charge in [0.1, 0.15) is 5.82 Å².